The van der Waals surface area contributed by atoms with Crippen molar-refractivity contribution in [3.05, 3.63) is 26.5 Å². The second-order valence-corrected chi connectivity index (χ2v) is 5.79. The normalized spacial score (nSPS) is 18.0. The van der Waals surface area contributed by atoms with E-state index in [-0.39, 0.29) is 17.3 Å². The molecule has 0 bridgehead atoms. The van der Waals surface area contributed by atoms with E-state index < -0.39 is 11.2 Å². The molecule has 0 unspecified atom stereocenters. The summed E-state index contributed by atoms with van der Waals surface area (Å²) in [6, 6.07) is 0. The molecular formula is C13H18N4O3. The number of nitrogens with one attached hydrogen (secondary N) is 2. The quantitative estimate of drug-likeness (QED) is 0.698. The molecule has 0 radical (unpaired) electrons. The molecule has 108 valence electrons. The number of hydrogen-bond donors (Lipinski definition) is 3. The summed E-state index contributed by atoms with van der Waals surface area (Å²) in [6.45, 7) is 1.37. The standard InChI is InChI=1S/C13H18N4O3/c14-9-10(15-13(20)16-11(9)18)12(19)17(5-7-1-2-7)6-8-3-4-8/h7-8H,1-6,14H2,(H2,15,16,18,20). The molecule has 2 aliphatic carbocycles. The Kier molecular flexibility index (Phi) is 3.11. The highest BCUT2D eigenvalue weighted by Crippen LogP contribution is 2.34. The van der Waals surface area contributed by atoms with Gasteiger partial charge in [-0.1, -0.05) is 0 Å². The Hall–Kier alpha value is -2.05. The number of nitrogens with two attached hydrogens (primary N) is 1. The van der Waals surface area contributed by atoms with Gasteiger partial charge < -0.3 is 15.6 Å². The van der Waals surface area contributed by atoms with Crippen molar-refractivity contribution in [2.24, 2.45) is 11.8 Å². The first-order valence-corrected chi connectivity index (χ1v) is 6.96. The SMILES string of the molecule is Nc1c(C(=O)N(CC2CC2)CC2CC2)[nH]c(=O)[nH]c1=O. The third-order valence-corrected chi connectivity index (χ3v) is 3.83. The van der Waals surface area contributed by atoms with Crippen LogP contribution in [0.25, 0.3) is 0 Å². The van der Waals surface area contributed by atoms with Gasteiger partial charge in [-0.2, -0.15) is 0 Å². The number of aromatic amines is 2. The van der Waals surface area contributed by atoms with Crippen LogP contribution in [0, 0.1) is 11.8 Å². The van der Waals surface area contributed by atoms with Crippen molar-refractivity contribution in [3.8, 4) is 0 Å². The number of amides is 1. The lowest BCUT2D eigenvalue weighted by Gasteiger charge is -2.22. The molecule has 7 heteroatoms. The van der Waals surface area contributed by atoms with Gasteiger partial charge in [-0.25, -0.2) is 4.79 Å². The van der Waals surface area contributed by atoms with Gasteiger partial charge in [0, 0.05) is 13.1 Å². The molecule has 1 heterocycles. The lowest BCUT2D eigenvalue weighted by Crippen LogP contribution is -2.39. The van der Waals surface area contributed by atoms with Gasteiger partial charge in [-0.15, -0.1) is 0 Å². The summed E-state index contributed by atoms with van der Waals surface area (Å²) in [5.74, 6) is 0.754. The van der Waals surface area contributed by atoms with Gasteiger partial charge in [-0.05, 0) is 37.5 Å². The van der Waals surface area contributed by atoms with Crippen molar-refractivity contribution < 1.29 is 4.79 Å². The van der Waals surface area contributed by atoms with E-state index in [4.69, 9.17) is 5.73 Å². The lowest BCUT2D eigenvalue weighted by atomic mass is 10.2. The predicted molar refractivity (Wildman–Crippen MR) is 73.4 cm³/mol. The first kappa shape index (κ1) is 13.0. The first-order valence-electron chi connectivity index (χ1n) is 6.96. The van der Waals surface area contributed by atoms with E-state index in [1.807, 2.05) is 4.98 Å². The Morgan fingerprint density at radius 1 is 1.10 bits per heavy atom. The zero-order valence-electron chi connectivity index (χ0n) is 11.1. The van der Waals surface area contributed by atoms with Crippen LogP contribution < -0.4 is 17.0 Å². The average molecular weight is 278 g/mol. The van der Waals surface area contributed by atoms with Gasteiger partial charge in [0.2, 0.25) is 0 Å². The van der Waals surface area contributed by atoms with Crippen molar-refractivity contribution in [1.82, 2.24) is 14.9 Å². The van der Waals surface area contributed by atoms with E-state index >= 15 is 0 Å². The molecule has 1 amide bonds. The van der Waals surface area contributed by atoms with E-state index in [0.29, 0.717) is 24.9 Å². The van der Waals surface area contributed by atoms with Gasteiger partial charge in [0.05, 0.1) is 0 Å². The van der Waals surface area contributed by atoms with Gasteiger partial charge in [0.15, 0.2) is 0 Å². The predicted octanol–water partition coefficient (Wildman–Crippen LogP) is -0.0924. The number of aromatic nitrogens is 2. The van der Waals surface area contributed by atoms with Crippen LogP contribution in [0.5, 0.6) is 0 Å². The second-order valence-electron chi connectivity index (χ2n) is 5.79. The molecular weight excluding hydrogens is 260 g/mol. The van der Waals surface area contributed by atoms with Gasteiger partial charge in [0.1, 0.15) is 11.4 Å². The summed E-state index contributed by atoms with van der Waals surface area (Å²) in [5.41, 5.74) is 3.91. The Morgan fingerprint density at radius 3 is 2.15 bits per heavy atom. The van der Waals surface area contributed by atoms with E-state index in [1.54, 1.807) is 4.90 Å². The van der Waals surface area contributed by atoms with Gasteiger partial charge in [0.25, 0.3) is 11.5 Å². The van der Waals surface area contributed by atoms with Crippen LogP contribution in [0.3, 0.4) is 0 Å². The minimum absolute atomic E-state index is 0.0833. The summed E-state index contributed by atoms with van der Waals surface area (Å²) in [7, 11) is 0. The molecule has 2 fully saturated rings. The Labute approximate surface area is 115 Å². The maximum atomic E-state index is 12.5. The smallest absolute Gasteiger partial charge is 0.326 e. The highest BCUT2D eigenvalue weighted by Gasteiger charge is 2.33. The highest BCUT2D eigenvalue weighted by atomic mass is 16.2. The molecule has 7 nitrogen and oxygen atoms in total. The third-order valence-electron chi connectivity index (χ3n) is 3.83. The number of nitrogen functional groups attached to an aromatic ring is 1. The summed E-state index contributed by atoms with van der Waals surface area (Å²) < 4.78 is 0. The number of rotatable bonds is 5. The van der Waals surface area contributed by atoms with E-state index in [9.17, 15) is 14.4 Å². The zero-order chi connectivity index (χ0) is 14.3. The lowest BCUT2D eigenvalue weighted by molar-refractivity contribution is 0.0734. The number of anilines is 1. The molecule has 0 atom stereocenters. The Bertz CT molecular complexity index is 626. The monoisotopic (exact) mass is 278 g/mol. The Morgan fingerprint density at radius 2 is 1.65 bits per heavy atom. The van der Waals surface area contributed by atoms with Crippen LogP contribution in [0.4, 0.5) is 5.69 Å². The van der Waals surface area contributed by atoms with E-state index in [1.165, 1.54) is 0 Å². The fourth-order valence-corrected chi connectivity index (χ4v) is 2.29. The molecule has 0 saturated heterocycles. The van der Waals surface area contributed by atoms with Crippen LogP contribution in [-0.2, 0) is 0 Å². The van der Waals surface area contributed by atoms with Crippen molar-refractivity contribution >= 4 is 11.6 Å². The molecule has 20 heavy (non-hydrogen) atoms. The molecule has 4 N–H and O–H groups in total. The first-order chi connectivity index (χ1) is 9.54. The Balaban J connectivity index is 1.87. The molecule has 2 aliphatic rings. The van der Waals surface area contributed by atoms with Crippen molar-refractivity contribution in [2.45, 2.75) is 25.7 Å². The fourth-order valence-electron chi connectivity index (χ4n) is 2.29. The van der Waals surface area contributed by atoms with Crippen molar-refractivity contribution in [1.29, 1.82) is 0 Å². The molecule has 3 rings (SSSR count). The van der Waals surface area contributed by atoms with Crippen molar-refractivity contribution in [3.63, 3.8) is 0 Å². The molecule has 1 aromatic rings. The van der Waals surface area contributed by atoms with Crippen LogP contribution in [0.15, 0.2) is 9.59 Å². The number of hydrogen-bond acceptors (Lipinski definition) is 4. The van der Waals surface area contributed by atoms with Crippen molar-refractivity contribution in [2.75, 3.05) is 18.8 Å². The van der Waals surface area contributed by atoms with Gasteiger partial charge >= 0.3 is 5.69 Å². The third kappa shape index (κ3) is 2.76. The topological polar surface area (TPSA) is 112 Å². The molecule has 1 aromatic heterocycles. The summed E-state index contributed by atoms with van der Waals surface area (Å²) in [5, 5.41) is 0. The summed E-state index contributed by atoms with van der Waals surface area (Å²) in [6.07, 6.45) is 4.54. The minimum Gasteiger partial charge on any atom is -0.392 e. The summed E-state index contributed by atoms with van der Waals surface area (Å²) in [4.78, 5) is 41.4. The van der Waals surface area contributed by atoms with Crippen LogP contribution in [-0.4, -0.2) is 33.9 Å². The van der Waals surface area contributed by atoms with Crippen LogP contribution >= 0.6 is 0 Å². The van der Waals surface area contributed by atoms with E-state index in [0.717, 1.165) is 25.7 Å². The highest BCUT2D eigenvalue weighted by molar-refractivity contribution is 5.96. The second kappa shape index (κ2) is 4.81. The summed E-state index contributed by atoms with van der Waals surface area (Å²) >= 11 is 0. The molecule has 2 saturated carbocycles. The zero-order valence-corrected chi connectivity index (χ0v) is 11.1. The number of H-pyrrole nitrogens is 2. The maximum absolute atomic E-state index is 12.5. The molecule has 0 aliphatic heterocycles. The fraction of sp³-hybridized carbons (Fsp3) is 0.615. The number of carbonyl (C=O) groups is 1. The largest absolute Gasteiger partial charge is 0.392 e. The average Bonchev–Trinajstić information content (AvgIpc) is 3.27. The van der Waals surface area contributed by atoms with Crippen LogP contribution in [0.2, 0.25) is 0 Å². The van der Waals surface area contributed by atoms with Gasteiger partial charge in [-0.3, -0.25) is 14.6 Å². The maximum Gasteiger partial charge on any atom is 0.326 e. The number of carbonyl (C=O) groups excluding carboxylic acids is 1. The minimum atomic E-state index is -0.713. The molecule has 0 spiro atoms. The van der Waals surface area contributed by atoms with E-state index in [2.05, 4.69) is 4.98 Å². The van der Waals surface area contributed by atoms with Crippen LogP contribution in [0.1, 0.15) is 36.2 Å². The number of nitrogens with zero attached hydrogens (tertiary/aromatic N) is 1. The molecule has 0 aromatic carbocycles.